The summed E-state index contributed by atoms with van der Waals surface area (Å²) in [6, 6.07) is 11.7. The molecule has 2 aromatic carbocycles. The Bertz CT molecular complexity index is 1140. The van der Waals surface area contributed by atoms with Crippen molar-refractivity contribution >= 4 is 40.4 Å². The summed E-state index contributed by atoms with van der Waals surface area (Å²) >= 11 is 0. The molecule has 0 unspecified atom stereocenters. The Morgan fingerprint density at radius 3 is 2.33 bits per heavy atom. The largest absolute Gasteiger partial charge is 0.465 e. The van der Waals surface area contributed by atoms with E-state index in [0.717, 1.165) is 6.33 Å². The maximum absolute atomic E-state index is 11.9. The van der Waals surface area contributed by atoms with Gasteiger partial charge in [-0.1, -0.05) is 18.2 Å². The first-order valence-corrected chi connectivity index (χ1v) is 8.36. The highest BCUT2D eigenvalue weighted by Crippen LogP contribution is 2.34. The average Bonchev–Trinajstić information content (AvgIpc) is 2.73. The standard InChI is InChI=1S/C18H14N6O6/c1-30-18(25)13-7-2-3-8-14(13)22-17-15(24(28)29)16(19-10-20-17)21-11-5-4-6-12(9-11)23(26)27/h2-10H,1H3,(H2,19,20,21,22). The first-order chi connectivity index (χ1) is 14.4. The number of ether oxygens (including phenoxy) is 1. The van der Waals surface area contributed by atoms with Crippen LogP contribution in [0.4, 0.5) is 34.4 Å². The average molecular weight is 410 g/mol. The molecule has 12 nitrogen and oxygen atoms in total. The predicted molar refractivity (Wildman–Crippen MR) is 106 cm³/mol. The van der Waals surface area contributed by atoms with Gasteiger partial charge in [0, 0.05) is 17.8 Å². The summed E-state index contributed by atoms with van der Waals surface area (Å²) in [7, 11) is 1.22. The topological polar surface area (TPSA) is 162 Å². The molecule has 0 aliphatic carbocycles. The van der Waals surface area contributed by atoms with Crippen LogP contribution >= 0.6 is 0 Å². The molecule has 0 spiro atoms. The summed E-state index contributed by atoms with van der Waals surface area (Å²) < 4.78 is 4.71. The smallest absolute Gasteiger partial charge is 0.353 e. The molecule has 0 saturated heterocycles. The van der Waals surface area contributed by atoms with Gasteiger partial charge in [0.2, 0.25) is 11.6 Å². The number of anilines is 4. The molecule has 0 radical (unpaired) electrons. The third-order valence-corrected chi connectivity index (χ3v) is 3.91. The van der Waals surface area contributed by atoms with Gasteiger partial charge < -0.3 is 15.4 Å². The lowest BCUT2D eigenvalue weighted by Gasteiger charge is -2.12. The third kappa shape index (κ3) is 4.27. The van der Waals surface area contributed by atoms with Crippen LogP contribution in [0.3, 0.4) is 0 Å². The summed E-state index contributed by atoms with van der Waals surface area (Å²) in [5.74, 6) is -1.00. The minimum atomic E-state index is -0.706. The maximum atomic E-state index is 11.9. The number of benzene rings is 2. The van der Waals surface area contributed by atoms with Crippen molar-refractivity contribution in [3.8, 4) is 0 Å². The van der Waals surface area contributed by atoms with Crippen LogP contribution in [0, 0.1) is 20.2 Å². The fraction of sp³-hybridized carbons (Fsp3) is 0.0556. The Hall–Kier alpha value is -4.61. The van der Waals surface area contributed by atoms with Crippen LogP contribution in [-0.4, -0.2) is 32.9 Å². The number of methoxy groups -OCH3 is 1. The lowest BCUT2D eigenvalue weighted by atomic mass is 10.2. The molecule has 0 amide bonds. The van der Waals surface area contributed by atoms with Crippen LogP contribution in [0.5, 0.6) is 0 Å². The second-order valence-electron chi connectivity index (χ2n) is 5.77. The highest BCUT2D eigenvalue weighted by atomic mass is 16.6. The van der Waals surface area contributed by atoms with E-state index in [1.54, 1.807) is 12.1 Å². The first-order valence-electron chi connectivity index (χ1n) is 8.36. The van der Waals surface area contributed by atoms with E-state index in [-0.39, 0.29) is 34.3 Å². The maximum Gasteiger partial charge on any atom is 0.353 e. The predicted octanol–water partition coefficient (Wildman–Crippen LogP) is 3.57. The zero-order chi connectivity index (χ0) is 21.7. The van der Waals surface area contributed by atoms with Crippen molar-refractivity contribution < 1.29 is 19.4 Å². The van der Waals surface area contributed by atoms with Gasteiger partial charge in [0.15, 0.2) is 0 Å². The van der Waals surface area contributed by atoms with E-state index in [4.69, 9.17) is 4.74 Å². The molecule has 0 aliphatic rings. The summed E-state index contributed by atoms with van der Waals surface area (Å²) in [6.45, 7) is 0. The van der Waals surface area contributed by atoms with E-state index in [9.17, 15) is 25.0 Å². The van der Waals surface area contributed by atoms with E-state index in [2.05, 4.69) is 20.6 Å². The number of hydrogen-bond acceptors (Lipinski definition) is 10. The molecule has 1 heterocycles. The molecule has 2 N–H and O–H groups in total. The number of nitro benzene ring substituents is 1. The number of carbonyl (C=O) groups excluding carboxylic acids is 1. The van der Waals surface area contributed by atoms with Gasteiger partial charge >= 0.3 is 11.7 Å². The number of nitro groups is 2. The zero-order valence-electron chi connectivity index (χ0n) is 15.4. The SMILES string of the molecule is COC(=O)c1ccccc1Nc1ncnc(Nc2cccc([N+](=O)[O-])c2)c1[N+](=O)[O-]. The third-order valence-electron chi connectivity index (χ3n) is 3.91. The van der Waals surface area contributed by atoms with Gasteiger partial charge in [0.1, 0.15) is 6.33 Å². The number of para-hydroxylation sites is 1. The Balaban J connectivity index is 2.01. The lowest BCUT2D eigenvalue weighted by molar-refractivity contribution is -0.384. The molecular formula is C18H14N6O6. The highest BCUT2D eigenvalue weighted by molar-refractivity contribution is 5.96. The van der Waals surface area contributed by atoms with E-state index < -0.39 is 21.5 Å². The molecule has 0 atom stereocenters. The number of nitrogens with one attached hydrogen (secondary N) is 2. The van der Waals surface area contributed by atoms with Crippen LogP contribution in [0.1, 0.15) is 10.4 Å². The summed E-state index contributed by atoms with van der Waals surface area (Å²) in [4.78, 5) is 41.1. The molecule has 12 heteroatoms. The first kappa shape index (κ1) is 20.1. The van der Waals surface area contributed by atoms with Gasteiger partial charge in [0.05, 0.1) is 28.2 Å². The van der Waals surface area contributed by atoms with Crippen LogP contribution in [-0.2, 0) is 4.74 Å². The van der Waals surface area contributed by atoms with Crippen LogP contribution < -0.4 is 10.6 Å². The van der Waals surface area contributed by atoms with Crippen molar-refractivity contribution in [3.05, 3.63) is 80.7 Å². The van der Waals surface area contributed by atoms with Crippen molar-refractivity contribution in [2.75, 3.05) is 17.7 Å². The quantitative estimate of drug-likeness (QED) is 0.334. The summed E-state index contributed by atoms with van der Waals surface area (Å²) in [5, 5.41) is 28.1. The van der Waals surface area contributed by atoms with E-state index in [1.165, 1.54) is 43.5 Å². The number of aromatic nitrogens is 2. The Labute approximate surface area is 168 Å². The zero-order valence-corrected chi connectivity index (χ0v) is 15.4. The number of esters is 1. The second kappa shape index (κ2) is 8.60. The molecule has 152 valence electrons. The van der Waals surface area contributed by atoms with Gasteiger partial charge in [-0.05, 0) is 18.2 Å². The lowest BCUT2D eigenvalue weighted by Crippen LogP contribution is -2.09. The van der Waals surface area contributed by atoms with Crippen LogP contribution in [0.2, 0.25) is 0 Å². The summed E-state index contributed by atoms with van der Waals surface area (Å²) in [5.41, 5.74) is -0.0776. The van der Waals surface area contributed by atoms with Crippen LogP contribution in [0.15, 0.2) is 54.9 Å². The molecule has 3 aromatic rings. The normalized spacial score (nSPS) is 10.2. The highest BCUT2D eigenvalue weighted by Gasteiger charge is 2.25. The number of carbonyl (C=O) groups is 1. The van der Waals surface area contributed by atoms with E-state index >= 15 is 0 Å². The molecule has 30 heavy (non-hydrogen) atoms. The molecule has 1 aromatic heterocycles. The minimum Gasteiger partial charge on any atom is -0.465 e. The van der Waals surface area contributed by atoms with Crippen molar-refractivity contribution in [2.24, 2.45) is 0 Å². The van der Waals surface area contributed by atoms with Gasteiger partial charge in [-0.25, -0.2) is 14.8 Å². The molecule has 0 aliphatic heterocycles. The van der Waals surface area contributed by atoms with Crippen molar-refractivity contribution in [3.63, 3.8) is 0 Å². The van der Waals surface area contributed by atoms with Crippen molar-refractivity contribution in [1.82, 2.24) is 9.97 Å². The number of nitrogens with zero attached hydrogens (tertiary/aromatic N) is 4. The van der Waals surface area contributed by atoms with Crippen molar-refractivity contribution in [2.45, 2.75) is 0 Å². The number of hydrogen-bond donors (Lipinski definition) is 2. The van der Waals surface area contributed by atoms with Gasteiger partial charge in [-0.3, -0.25) is 20.2 Å². The fourth-order valence-electron chi connectivity index (χ4n) is 2.58. The monoisotopic (exact) mass is 410 g/mol. The number of non-ortho nitro benzene ring substituents is 1. The Morgan fingerprint density at radius 2 is 1.67 bits per heavy atom. The van der Waals surface area contributed by atoms with E-state index in [1.807, 2.05) is 0 Å². The fourth-order valence-corrected chi connectivity index (χ4v) is 2.58. The molecule has 3 rings (SSSR count). The van der Waals surface area contributed by atoms with Crippen molar-refractivity contribution in [1.29, 1.82) is 0 Å². The summed E-state index contributed by atoms with van der Waals surface area (Å²) in [6.07, 6.45) is 1.08. The molecule has 0 bridgehead atoms. The van der Waals surface area contributed by atoms with Gasteiger partial charge in [0.25, 0.3) is 5.69 Å². The molecule has 0 fully saturated rings. The second-order valence-corrected chi connectivity index (χ2v) is 5.77. The van der Waals surface area contributed by atoms with E-state index in [0.29, 0.717) is 0 Å². The Morgan fingerprint density at radius 1 is 0.967 bits per heavy atom. The van der Waals surface area contributed by atoms with Crippen LogP contribution in [0.25, 0.3) is 0 Å². The van der Waals surface area contributed by atoms with Gasteiger partial charge in [-0.2, -0.15) is 0 Å². The number of rotatable bonds is 7. The molecule has 0 saturated carbocycles. The molecular weight excluding hydrogens is 396 g/mol. The van der Waals surface area contributed by atoms with Gasteiger partial charge in [-0.15, -0.1) is 0 Å². The Kier molecular flexibility index (Phi) is 5.77. The minimum absolute atomic E-state index is 0.154.